The molecule has 1 saturated heterocycles. The molecule has 1 aliphatic rings. The van der Waals surface area contributed by atoms with Crippen molar-refractivity contribution in [2.24, 2.45) is 0 Å². The molecule has 0 radical (unpaired) electrons. The van der Waals surface area contributed by atoms with Crippen LogP contribution in [0, 0.1) is 0 Å². The Balaban J connectivity index is 2.12. The Morgan fingerprint density at radius 1 is 1.33 bits per heavy atom. The fourth-order valence-corrected chi connectivity index (χ4v) is 2.08. The number of benzene rings is 1. The normalized spacial score (nSPS) is 19.2. The maximum atomic E-state index is 11.8. The molecule has 2 rings (SSSR count). The third-order valence-electron chi connectivity index (χ3n) is 3.14. The van der Waals surface area contributed by atoms with E-state index >= 15 is 0 Å². The number of nitrogens with one attached hydrogen (secondary N) is 1. The minimum absolute atomic E-state index is 0.129. The van der Waals surface area contributed by atoms with Crippen molar-refractivity contribution in [1.29, 1.82) is 0 Å². The van der Waals surface area contributed by atoms with Gasteiger partial charge in [-0.15, -0.1) is 0 Å². The quantitative estimate of drug-likeness (QED) is 0.851. The lowest BCUT2D eigenvalue weighted by Crippen LogP contribution is -2.31. The summed E-state index contributed by atoms with van der Waals surface area (Å²) in [4.78, 5) is 13.5. The smallest absolute Gasteiger partial charge is 0.240 e. The fraction of sp³-hybridized carbons (Fsp3) is 0.462. The van der Waals surface area contributed by atoms with E-state index in [2.05, 4.69) is 5.32 Å². The Morgan fingerprint density at radius 3 is 2.61 bits per heavy atom. The SMILES string of the molecule is COc1ccc(C[C@@H]2NCN(C)C2=O)cc1OC. The van der Waals surface area contributed by atoms with Gasteiger partial charge in [-0.05, 0) is 24.1 Å². The first-order valence-corrected chi connectivity index (χ1v) is 5.85. The van der Waals surface area contributed by atoms with Gasteiger partial charge in [0.15, 0.2) is 11.5 Å². The summed E-state index contributed by atoms with van der Waals surface area (Å²) in [5.41, 5.74) is 1.05. The van der Waals surface area contributed by atoms with E-state index in [1.54, 1.807) is 26.2 Å². The summed E-state index contributed by atoms with van der Waals surface area (Å²) in [6, 6.07) is 5.58. The van der Waals surface area contributed by atoms with E-state index < -0.39 is 0 Å². The maximum absolute atomic E-state index is 11.8. The van der Waals surface area contributed by atoms with Crippen LogP contribution in [0.2, 0.25) is 0 Å². The van der Waals surface area contributed by atoms with Crippen molar-refractivity contribution in [3.05, 3.63) is 23.8 Å². The van der Waals surface area contributed by atoms with Crippen molar-refractivity contribution < 1.29 is 14.3 Å². The van der Waals surface area contributed by atoms with Gasteiger partial charge in [-0.3, -0.25) is 10.1 Å². The second-order valence-corrected chi connectivity index (χ2v) is 4.34. The summed E-state index contributed by atoms with van der Waals surface area (Å²) in [5, 5.41) is 3.18. The second kappa shape index (κ2) is 5.27. The van der Waals surface area contributed by atoms with Crippen LogP contribution in [-0.2, 0) is 11.2 Å². The van der Waals surface area contributed by atoms with Crippen molar-refractivity contribution in [2.75, 3.05) is 27.9 Å². The first kappa shape index (κ1) is 12.7. The molecule has 1 N–H and O–H groups in total. The highest BCUT2D eigenvalue weighted by Gasteiger charge is 2.28. The average molecular weight is 250 g/mol. The number of ether oxygens (including phenoxy) is 2. The molecule has 0 aliphatic carbocycles. The van der Waals surface area contributed by atoms with E-state index in [4.69, 9.17) is 9.47 Å². The number of hydrogen-bond donors (Lipinski definition) is 1. The summed E-state index contributed by atoms with van der Waals surface area (Å²) in [7, 11) is 5.01. The van der Waals surface area contributed by atoms with Crippen molar-refractivity contribution in [3.8, 4) is 11.5 Å². The van der Waals surface area contributed by atoms with Crippen LogP contribution in [0.5, 0.6) is 11.5 Å². The molecular weight excluding hydrogens is 232 g/mol. The van der Waals surface area contributed by atoms with Gasteiger partial charge in [0.25, 0.3) is 0 Å². The van der Waals surface area contributed by atoms with E-state index in [1.165, 1.54) is 0 Å². The molecule has 0 spiro atoms. The molecule has 1 aromatic carbocycles. The fourth-order valence-electron chi connectivity index (χ4n) is 2.08. The Bertz CT molecular complexity index is 448. The highest BCUT2D eigenvalue weighted by atomic mass is 16.5. The van der Waals surface area contributed by atoms with Crippen molar-refractivity contribution in [2.45, 2.75) is 12.5 Å². The van der Waals surface area contributed by atoms with Crippen LogP contribution in [0.4, 0.5) is 0 Å². The highest BCUT2D eigenvalue weighted by Crippen LogP contribution is 2.28. The Morgan fingerprint density at radius 2 is 2.06 bits per heavy atom. The zero-order chi connectivity index (χ0) is 13.1. The van der Waals surface area contributed by atoms with Crippen molar-refractivity contribution >= 4 is 5.91 Å². The predicted molar refractivity (Wildman–Crippen MR) is 67.8 cm³/mol. The number of methoxy groups -OCH3 is 2. The lowest BCUT2D eigenvalue weighted by atomic mass is 10.1. The summed E-state index contributed by atoms with van der Waals surface area (Å²) in [6.07, 6.45) is 0.656. The standard InChI is InChI=1S/C13H18N2O3/c1-15-8-14-10(13(15)16)6-9-4-5-11(17-2)12(7-9)18-3/h4-5,7,10,14H,6,8H2,1-3H3/t10-/m0/s1. The van der Waals surface area contributed by atoms with Crippen LogP contribution in [-0.4, -0.2) is 44.8 Å². The summed E-state index contributed by atoms with van der Waals surface area (Å²) >= 11 is 0. The predicted octanol–water partition coefficient (Wildman–Crippen LogP) is 0.634. The third kappa shape index (κ3) is 2.41. The Labute approximate surface area is 107 Å². The first-order chi connectivity index (χ1) is 8.65. The molecule has 1 aromatic rings. The number of amides is 1. The second-order valence-electron chi connectivity index (χ2n) is 4.34. The van der Waals surface area contributed by atoms with Gasteiger partial charge in [-0.1, -0.05) is 6.07 Å². The summed E-state index contributed by atoms with van der Waals surface area (Å²) < 4.78 is 10.4. The highest BCUT2D eigenvalue weighted by molar-refractivity contribution is 5.83. The van der Waals surface area contributed by atoms with Gasteiger partial charge in [0.2, 0.25) is 5.91 Å². The van der Waals surface area contributed by atoms with E-state index in [9.17, 15) is 4.79 Å². The Kier molecular flexibility index (Phi) is 3.72. The van der Waals surface area contributed by atoms with Crippen LogP contribution >= 0.6 is 0 Å². The number of likely N-dealkylation sites (N-methyl/N-ethyl adjacent to an activating group) is 1. The lowest BCUT2D eigenvalue weighted by molar-refractivity contribution is -0.127. The molecule has 1 atom stereocenters. The lowest BCUT2D eigenvalue weighted by Gasteiger charge is -2.12. The van der Waals surface area contributed by atoms with Gasteiger partial charge in [-0.2, -0.15) is 0 Å². The van der Waals surface area contributed by atoms with Gasteiger partial charge < -0.3 is 14.4 Å². The molecule has 5 heteroatoms. The molecular formula is C13H18N2O3. The molecule has 1 amide bonds. The van der Waals surface area contributed by atoms with E-state index in [-0.39, 0.29) is 11.9 Å². The summed E-state index contributed by atoms with van der Waals surface area (Å²) in [5.74, 6) is 1.52. The molecule has 0 saturated carbocycles. The molecule has 5 nitrogen and oxygen atoms in total. The number of carbonyl (C=O) groups is 1. The number of hydrogen-bond acceptors (Lipinski definition) is 4. The van der Waals surface area contributed by atoms with Gasteiger partial charge in [0.05, 0.1) is 26.9 Å². The molecule has 0 bridgehead atoms. The van der Waals surface area contributed by atoms with E-state index in [0.717, 1.165) is 5.56 Å². The minimum Gasteiger partial charge on any atom is -0.493 e. The topological polar surface area (TPSA) is 50.8 Å². The summed E-state index contributed by atoms with van der Waals surface area (Å²) in [6.45, 7) is 0.608. The van der Waals surface area contributed by atoms with Gasteiger partial charge >= 0.3 is 0 Å². The molecule has 1 aliphatic heterocycles. The number of rotatable bonds is 4. The monoisotopic (exact) mass is 250 g/mol. The number of nitrogens with zero attached hydrogens (tertiary/aromatic N) is 1. The van der Waals surface area contributed by atoms with Crippen molar-refractivity contribution in [1.82, 2.24) is 10.2 Å². The molecule has 1 fully saturated rings. The molecule has 98 valence electrons. The van der Waals surface area contributed by atoms with E-state index in [0.29, 0.717) is 24.6 Å². The van der Waals surface area contributed by atoms with E-state index in [1.807, 2.05) is 18.2 Å². The first-order valence-electron chi connectivity index (χ1n) is 5.85. The third-order valence-corrected chi connectivity index (χ3v) is 3.14. The van der Waals surface area contributed by atoms with Gasteiger partial charge in [0, 0.05) is 7.05 Å². The molecule has 1 heterocycles. The van der Waals surface area contributed by atoms with Crippen LogP contribution in [0.3, 0.4) is 0 Å². The molecule has 0 aromatic heterocycles. The van der Waals surface area contributed by atoms with Crippen LogP contribution < -0.4 is 14.8 Å². The molecule has 0 unspecified atom stereocenters. The Hall–Kier alpha value is -1.75. The average Bonchev–Trinajstić information content (AvgIpc) is 2.70. The van der Waals surface area contributed by atoms with Crippen molar-refractivity contribution in [3.63, 3.8) is 0 Å². The van der Waals surface area contributed by atoms with Crippen LogP contribution in [0.25, 0.3) is 0 Å². The zero-order valence-corrected chi connectivity index (χ0v) is 10.9. The largest absolute Gasteiger partial charge is 0.493 e. The van der Waals surface area contributed by atoms with Crippen LogP contribution in [0.15, 0.2) is 18.2 Å². The number of carbonyl (C=O) groups excluding carboxylic acids is 1. The van der Waals surface area contributed by atoms with Crippen LogP contribution in [0.1, 0.15) is 5.56 Å². The molecule has 18 heavy (non-hydrogen) atoms. The zero-order valence-electron chi connectivity index (χ0n) is 10.9. The maximum Gasteiger partial charge on any atom is 0.240 e. The minimum atomic E-state index is -0.145. The van der Waals surface area contributed by atoms with Gasteiger partial charge in [-0.25, -0.2) is 0 Å². The van der Waals surface area contributed by atoms with Gasteiger partial charge in [0.1, 0.15) is 0 Å².